The number of aromatic amines is 1. The minimum Gasteiger partial charge on any atom is -0.399 e. The quantitative estimate of drug-likeness (QED) is 0.822. The number of methoxy groups -OCH3 is 1. The Morgan fingerprint density at radius 2 is 2.25 bits per heavy atom. The monoisotopic (exact) mass is 275 g/mol. The lowest BCUT2D eigenvalue weighted by Crippen LogP contribution is -2.40. The molecule has 1 unspecified atom stereocenters. The summed E-state index contributed by atoms with van der Waals surface area (Å²) in [6, 6.07) is 5.56. The average Bonchev–Trinajstić information content (AvgIpc) is 2.82. The topological polar surface area (TPSA) is 71.4 Å². The normalized spacial score (nSPS) is 12.6. The van der Waals surface area contributed by atoms with E-state index in [4.69, 9.17) is 10.5 Å². The number of hydrogen-bond acceptors (Lipinski definition) is 3. The summed E-state index contributed by atoms with van der Waals surface area (Å²) in [6.45, 7) is 5.12. The third-order valence-corrected chi connectivity index (χ3v) is 3.48. The van der Waals surface area contributed by atoms with E-state index < -0.39 is 0 Å². The van der Waals surface area contributed by atoms with E-state index in [-0.39, 0.29) is 11.9 Å². The third kappa shape index (κ3) is 2.63. The molecule has 0 aliphatic carbocycles. The van der Waals surface area contributed by atoms with Crippen molar-refractivity contribution >= 4 is 22.5 Å². The van der Waals surface area contributed by atoms with Crippen molar-refractivity contribution in [2.75, 3.05) is 26.0 Å². The van der Waals surface area contributed by atoms with Gasteiger partial charge < -0.3 is 20.4 Å². The Balaban J connectivity index is 2.34. The number of nitrogens with one attached hydrogen (secondary N) is 1. The highest BCUT2D eigenvalue weighted by molar-refractivity contribution is 6.07. The minimum atomic E-state index is 0.00747. The predicted molar refractivity (Wildman–Crippen MR) is 80.8 cm³/mol. The number of benzene rings is 1. The van der Waals surface area contributed by atoms with E-state index in [0.29, 0.717) is 24.4 Å². The predicted octanol–water partition coefficient (Wildman–Crippen LogP) is 2.25. The molecule has 20 heavy (non-hydrogen) atoms. The molecular weight excluding hydrogens is 254 g/mol. The van der Waals surface area contributed by atoms with Gasteiger partial charge in [0.2, 0.25) is 0 Å². The molecule has 3 N–H and O–H groups in total. The molecule has 2 rings (SSSR count). The van der Waals surface area contributed by atoms with Crippen molar-refractivity contribution < 1.29 is 9.53 Å². The second-order valence-corrected chi connectivity index (χ2v) is 4.90. The molecule has 1 aromatic heterocycles. The summed E-state index contributed by atoms with van der Waals surface area (Å²) in [6.07, 6.45) is 1.74. The van der Waals surface area contributed by atoms with E-state index in [0.717, 1.165) is 10.9 Å². The van der Waals surface area contributed by atoms with E-state index in [2.05, 4.69) is 4.98 Å². The van der Waals surface area contributed by atoms with Crippen LogP contribution in [0.3, 0.4) is 0 Å². The first-order valence-corrected chi connectivity index (χ1v) is 6.75. The molecule has 1 atom stereocenters. The van der Waals surface area contributed by atoms with Gasteiger partial charge in [-0.3, -0.25) is 4.79 Å². The minimum absolute atomic E-state index is 0.00747. The van der Waals surface area contributed by atoms with E-state index in [1.807, 2.05) is 36.9 Å². The molecule has 5 nitrogen and oxygen atoms in total. The zero-order chi connectivity index (χ0) is 14.7. The van der Waals surface area contributed by atoms with Crippen molar-refractivity contribution in [3.8, 4) is 0 Å². The molecule has 1 amide bonds. The standard InChI is InChI=1S/C15H21N3O2/c1-4-18(10(2)9-20-3)15(19)13-8-17-14-7-11(16)5-6-12(13)14/h5-8,10,17H,4,9,16H2,1-3H3. The molecule has 0 saturated heterocycles. The average molecular weight is 275 g/mol. The molecule has 0 aliphatic rings. The van der Waals surface area contributed by atoms with Crippen LogP contribution in [0.15, 0.2) is 24.4 Å². The van der Waals surface area contributed by atoms with Gasteiger partial charge in [-0.15, -0.1) is 0 Å². The highest BCUT2D eigenvalue weighted by Gasteiger charge is 2.22. The van der Waals surface area contributed by atoms with Gasteiger partial charge in [0.05, 0.1) is 18.2 Å². The fourth-order valence-corrected chi connectivity index (χ4v) is 2.46. The van der Waals surface area contributed by atoms with Gasteiger partial charge in [0.25, 0.3) is 5.91 Å². The molecule has 0 bridgehead atoms. The van der Waals surface area contributed by atoms with Gasteiger partial charge in [-0.2, -0.15) is 0 Å². The van der Waals surface area contributed by atoms with Crippen LogP contribution in [0.2, 0.25) is 0 Å². The molecule has 1 heterocycles. The number of likely N-dealkylation sites (N-methyl/N-ethyl adjacent to an activating group) is 1. The fourth-order valence-electron chi connectivity index (χ4n) is 2.46. The number of amides is 1. The summed E-state index contributed by atoms with van der Waals surface area (Å²) >= 11 is 0. The number of aromatic nitrogens is 1. The maximum Gasteiger partial charge on any atom is 0.256 e. The Labute approximate surface area is 118 Å². The highest BCUT2D eigenvalue weighted by atomic mass is 16.5. The molecular formula is C15H21N3O2. The summed E-state index contributed by atoms with van der Waals surface area (Å²) < 4.78 is 5.14. The molecule has 0 fully saturated rings. The summed E-state index contributed by atoms with van der Waals surface area (Å²) in [7, 11) is 1.64. The second-order valence-electron chi connectivity index (χ2n) is 4.90. The van der Waals surface area contributed by atoms with Crippen molar-refractivity contribution in [1.82, 2.24) is 9.88 Å². The number of rotatable bonds is 5. The van der Waals surface area contributed by atoms with Gasteiger partial charge in [-0.25, -0.2) is 0 Å². The molecule has 1 aromatic carbocycles. The Kier molecular flexibility index (Phi) is 4.29. The Morgan fingerprint density at radius 1 is 1.50 bits per heavy atom. The van der Waals surface area contributed by atoms with Crippen LogP contribution in [0, 0.1) is 0 Å². The zero-order valence-corrected chi connectivity index (χ0v) is 12.1. The molecule has 108 valence electrons. The number of anilines is 1. The van der Waals surface area contributed by atoms with E-state index in [9.17, 15) is 4.79 Å². The van der Waals surface area contributed by atoms with Crippen molar-refractivity contribution in [3.63, 3.8) is 0 Å². The van der Waals surface area contributed by atoms with Crippen LogP contribution < -0.4 is 5.73 Å². The van der Waals surface area contributed by atoms with E-state index in [1.54, 1.807) is 13.3 Å². The highest BCUT2D eigenvalue weighted by Crippen LogP contribution is 2.22. The number of carbonyl (C=O) groups excluding carboxylic acids is 1. The number of nitrogens with zero attached hydrogens (tertiary/aromatic N) is 1. The number of carbonyl (C=O) groups is 1. The summed E-state index contributed by atoms with van der Waals surface area (Å²) in [4.78, 5) is 17.6. The third-order valence-electron chi connectivity index (χ3n) is 3.48. The molecule has 2 aromatic rings. The van der Waals surface area contributed by atoms with Crippen molar-refractivity contribution in [2.45, 2.75) is 19.9 Å². The number of H-pyrrole nitrogens is 1. The first kappa shape index (κ1) is 14.4. The van der Waals surface area contributed by atoms with Gasteiger partial charge in [0.1, 0.15) is 0 Å². The van der Waals surface area contributed by atoms with Crippen LogP contribution in [-0.2, 0) is 4.74 Å². The number of ether oxygens (including phenoxy) is 1. The first-order valence-electron chi connectivity index (χ1n) is 6.75. The first-order chi connectivity index (χ1) is 9.58. The summed E-state index contributed by atoms with van der Waals surface area (Å²) in [5, 5.41) is 0.896. The van der Waals surface area contributed by atoms with Crippen LogP contribution >= 0.6 is 0 Å². The van der Waals surface area contributed by atoms with Gasteiger partial charge in [-0.05, 0) is 32.0 Å². The van der Waals surface area contributed by atoms with Crippen LogP contribution in [0.25, 0.3) is 10.9 Å². The zero-order valence-electron chi connectivity index (χ0n) is 12.1. The van der Waals surface area contributed by atoms with Crippen LogP contribution in [0.1, 0.15) is 24.2 Å². The lowest BCUT2D eigenvalue weighted by Gasteiger charge is -2.27. The molecule has 0 saturated carbocycles. The fraction of sp³-hybridized carbons (Fsp3) is 0.400. The van der Waals surface area contributed by atoms with Crippen molar-refractivity contribution in [3.05, 3.63) is 30.0 Å². The largest absolute Gasteiger partial charge is 0.399 e. The number of hydrogen-bond donors (Lipinski definition) is 2. The summed E-state index contributed by atoms with van der Waals surface area (Å²) in [5.41, 5.74) is 7.98. The second kappa shape index (κ2) is 5.96. The maximum atomic E-state index is 12.7. The van der Waals surface area contributed by atoms with Crippen LogP contribution in [-0.4, -0.2) is 42.1 Å². The van der Waals surface area contributed by atoms with Gasteiger partial charge in [0.15, 0.2) is 0 Å². The smallest absolute Gasteiger partial charge is 0.256 e. The molecule has 0 spiro atoms. The molecule has 0 radical (unpaired) electrons. The van der Waals surface area contributed by atoms with Crippen LogP contribution in [0.5, 0.6) is 0 Å². The number of nitrogen functional groups attached to an aromatic ring is 1. The van der Waals surface area contributed by atoms with Crippen LogP contribution in [0.4, 0.5) is 5.69 Å². The molecule has 0 aliphatic heterocycles. The number of nitrogens with two attached hydrogens (primary N) is 1. The Hall–Kier alpha value is -2.01. The number of fused-ring (bicyclic) bond motifs is 1. The van der Waals surface area contributed by atoms with E-state index in [1.165, 1.54) is 0 Å². The van der Waals surface area contributed by atoms with Crippen molar-refractivity contribution in [1.29, 1.82) is 0 Å². The van der Waals surface area contributed by atoms with E-state index >= 15 is 0 Å². The van der Waals surface area contributed by atoms with Crippen molar-refractivity contribution in [2.24, 2.45) is 0 Å². The lowest BCUT2D eigenvalue weighted by molar-refractivity contribution is 0.0581. The van der Waals surface area contributed by atoms with Gasteiger partial charge in [0, 0.05) is 36.4 Å². The Morgan fingerprint density at radius 3 is 2.90 bits per heavy atom. The molecule has 5 heteroatoms. The lowest BCUT2D eigenvalue weighted by atomic mass is 10.1. The van der Waals surface area contributed by atoms with Gasteiger partial charge in [-0.1, -0.05) is 0 Å². The Bertz CT molecular complexity index is 606. The maximum absolute atomic E-state index is 12.7. The van der Waals surface area contributed by atoms with Gasteiger partial charge >= 0.3 is 0 Å². The SMILES string of the molecule is CCN(C(=O)c1c[nH]c2cc(N)ccc12)C(C)COC. The summed E-state index contributed by atoms with van der Waals surface area (Å²) in [5.74, 6) is 0.00747.